The van der Waals surface area contributed by atoms with E-state index in [1.807, 2.05) is 19.1 Å². The van der Waals surface area contributed by atoms with Gasteiger partial charge in [-0.3, -0.25) is 9.88 Å². The summed E-state index contributed by atoms with van der Waals surface area (Å²) in [5.74, 6) is 0. The molecule has 1 fully saturated rings. The lowest BCUT2D eigenvalue weighted by molar-refractivity contribution is 0.151. The Morgan fingerprint density at radius 1 is 1.17 bits per heavy atom. The molecule has 0 amide bonds. The highest BCUT2D eigenvalue weighted by Crippen LogP contribution is 2.27. The number of aliphatic hydroxyl groups is 1. The molecule has 1 aromatic heterocycles. The van der Waals surface area contributed by atoms with Crippen molar-refractivity contribution in [1.29, 1.82) is 0 Å². The Kier molecular flexibility index (Phi) is 4.63. The molecule has 1 aliphatic rings. The second kappa shape index (κ2) is 6.52. The van der Waals surface area contributed by atoms with Crippen LogP contribution in [0.3, 0.4) is 0 Å². The minimum atomic E-state index is -3.54. The number of aliphatic hydroxyl groups excluding tert-OH is 1. The normalized spacial score (nSPS) is 17.7. The van der Waals surface area contributed by atoms with Crippen molar-refractivity contribution in [2.45, 2.75) is 11.8 Å². The highest BCUT2D eigenvalue weighted by Gasteiger charge is 2.29. The van der Waals surface area contributed by atoms with Crippen molar-refractivity contribution >= 4 is 20.9 Å². The highest BCUT2D eigenvalue weighted by atomic mass is 32.2. The van der Waals surface area contributed by atoms with Gasteiger partial charge in [-0.1, -0.05) is 6.07 Å². The largest absolute Gasteiger partial charge is 0.395 e. The second-order valence-corrected chi connectivity index (χ2v) is 7.66. The molecule has 0 spiro atoms. The van der Waals surface area contributed by atoms with Gasteiger partial charge in [0.1, 0.15) is 0 Å². The zero-order valence-corrected chi connectivity index (χ0v) is 14.0. The summed E-state index contributed by atoms with van der Waals surface area (Å²) in [6.07, 6.45) is 1.68. The van der Waals surface area contributed by atoms with E-state index < -0.39 is 10.0 Å². The monoisotopic (exact) mass is 335 g/mol. The number of piperazine rings is 1. The van der Waals surface area contributed by atoms with Crippen LogP contribution in [0.25, 0.3) is 10.9 Å². The summed E-state index contributed by atoms with van der Waals surface area (Å²) in [6, 6.07) is 7.06. The maximum Gasteiger partial charge on any atom is 0.243 e. The number of sulfonamides is 1. The van der Waals surface area contributed by atoms with Crippen molar-refractivity contribution in [2.24, 2.45) is 0 Å². The number of aromatic nitrogens is 1. The Morgan fingerprint density at radius 3 is 2.61 bits per heavy atom. The Morgan fingerprint density at radius 2 is 1.91 bits per heavy atom. The van der Waals surface area contributed by atoms with E-state index in [4.69, 9.17) is 5.11 Å². The molecule has 0 atom stereocenters. The van der Waals surface area contributed by atoms with Crippen LogP contribution >= 0.6 is 0 Å². The first kappa shape index (κ1) is 16.3. The predicted molar refractivity (Wildman–Crippen MR) is 88.8 cm³/mol. The van der Waals surface area contributed by atoms with E-state index >= 15 is 0 Å². The molecule has 1 N–H and O–H groups in total. The van der Waals surface area contributed by atoms with Crippen LogP contribution in [0.4, 0.5) is 0 Å². The van der Waals surface area contributed by atoms with Gasteiger partial charge in [0.25, 0.3) is 0 Å². The van der Waals surface area contributed by atoms with Gasteiger partial charge in [-0.05, 0) is 30.7 Å². The molecule has 23 heavy (non-hydrogen) atoms. The van der Waals surface area contributed by atoms with Crippen LogP contribution in [-0.4, -0.2) is 67.0 Å². The molecule has 0 saturated carbocycles. The van der Waals surface area contributed by atoms with Crippen molar-refractivity contribution in [3.8, 4) is 0 Å². The van der Waals surface area contributed by atoms with Crippen LogP contribution in [-0.2, 0) is 10.0 Å². The summed E-state index contributed by atoms with van der Waals surface area (Å²) >= 11 is 0. The zero-order valence-electron chi connectivity index (χ0n) is 13.1. The third-order valence-corrected chi connectivity index (χ3v) is 6.25. The molecule has 0 aliphatic carbocycles. The van der Waals surface area contributed by atoms with E-state index in [2.05, 4.69) is 9.88 Å². The lowest BCUT2D eigenvalue weighted by atomic mass is 10.1. The number of pyridine rings is 1. The van der Waals surface area contributed by atoms with Crippen LogP contribution in [0, 0.1) is 6.92 Å². The van der Waals surface area contributed by atoms with E-state index in [-0.39, 0.29) is 6.61 Å². The summed E-state index contributed by atoms with van der Waals surface area (Å²) in [4.78, 5) is 6.71. The predicted octanol–water partition coefficient (Wildman–Crippen LogP) is 0.842. The van der Waals surface area contributed by atoms with Gasteiger partial charge in [-0.25, -0.2) is 8.42 Å². The van der Waals surface area contributed by atoms with Gasteiger partial charge in [0.2, 0.25) is 10.0 Å². The Balaban J connectivity index is 1.94. The molecule has 1 aliphatic heterocycles. The third kappa shape index (κ3) is 3.10. The van der Waals surface area contributed by atoms with Crippen molar-refractivity contribution in [1.82, 2.24) is 14.2 Å². The lowest BCUT2D eigenvalue weighted by Gasteiger charge is -2.33. The first-order valence-corrected chi connectivity index (χ1v) is 9.16. The van der Waals surface area contributed by atoms with Crippen molar-refractivity contribution in [3.05, 3.63) is 36.0 Å². The summed E-state index contributed by atoms with van der Waals surface area (Å²) in [6.45, 7) is 4.78. The van der Waals surface area contributed by atoms with E-state index in [1.165, 1.54) is 4.31 Å². The van der Waals surface area contributed by atoms with E-state index in [1.54, 1.807) is 18.3 Å². The number of fused-ring (bicyclic) bond motifs is 1. The SMILES string of the molecule is Cc1ccc(S(=O)(=O)N2CCN(CCO)CC2)c2cccnc12. The lowest BCUT2D eigenvalue weighted by Crippen LogP contribution is -2.49. The van der Waals surface area contributed by atoms with Crippen LogP contribution in [0.5, 0.6) is 0 Å². The van der Waals surface area contributed by atoms with Crippen LogP contribution in [0.1, 0.15) is 5.56 Å². The summed E-state index contributed by atoms with van der Waals surface area (Å²) < 4.78 is 27.5. The number of β-amino-alcohol motifs (C(OH)–C–C–N with tert-alkyl or cyclic N) is 1. The number of hydrogen-bond donors (Lipinski definition) is 1. The standard InChI is InChI=1S/C16H21N3O3S/c1-13-4-5-15(14-3-2-6-17-16(13)14)23(21,22)19-9-7-18(8-10-19)11-12-20/h2-6,20H,7-12H2,1H3. The third-order valence-electron chi connectivity index (χ3n) is 4.30. The molecular weight excluding hydrogens is 314 g/mol. The smallest absolute Gasteiger partial charge is 0.243 e. The van der Waals surface area contributed by atoms with E-state index in [9.17, 15) is 8.42 Å². The first-order chi connectivity index (χ1) is 11.0. The molecule has 0 unspecified atom stereocenters. The van der Waals surface area contributed by atoms with E-state index in [0.717, 1.165) is 11.1 Å². The molecule has 0 bridgehead atoms. The topological polar surface area (TPSA) is 73.7 Å². The fraction of sp³-hybridized carbons (Fsp3) is 0.438. The van der Waals surface area contributed by atoms with Gasteiger partial charge in [0, 0.05) is 44.3 Å². The number of rotatable bonds is 4. The van der Waals surface area contributed by atoms with Crippen molar-refractivity contribution in [3.63, 3.8) is 0 Å². The van der Waals surface area contributed by atoms with E-state index in [0.29, 0.717) is 43.0 Å². The summed E-state index contributed by atoms with van der Waals surface area (Å²) in [5.41, 5.74) is 1.69. The quantitative estimate of drug-likeness (QED) is 0.896. The van der Waals surface area contributed by atoms with Gasteiger partial charge >= 0.3 is 0 Å². The fourth-order valence-corrected chi connectivity index (χ4v) is 4.59. The molecule has 6 nitrogen and oxygen atoms in total. The van der Waals surface area contributed by atoms with Gasteiger partial charge in [-0.2, -0.15) is 4.31 Å². The first-order valence-electron chi connectivity index (χ1n) is 7.72. The maximum absolute atomic E-state index is 13.0. The second-order valence-electron chi connectivity index (χ2n) is 5.75. The average Bonchev–Trinajstić information content (AvgIpc) is 2.56. The molecule has 2 aromatic rings. The Hall–Kier alpha value is -1.54. The molecule has 7 heteroatoms. The van der Waals surface area contributed by atoms with Gasteiger partial charge in [0.05, 0.1) is 17.0 Å². The number of aryl methyl sites for hydroxylation is 1. The highest BCUT2D eigenvalue weighted by molar-refractivity contribution is 7.89. The van der Waals surface area contributed by atoms with Gasteiger partial charge in [0.15, 0.2) is 0 Å². The molecule has 124 valence electrons. The minimum absolute atomic E-state index is 0.0982. The van der Waals surface area contributed by atoms with Crippen molar-refractivity contribution < 1.29 is 13.5 Å². The Labute approximate surface area is 136 Å². The van der Waals surface area contributed by atoms with Crippen LogP contribution in [0.15, 0.2) is 35.4 Å². The number of benzene rings is 1. The number of nitrogens with zero attached hydrogens (tertiary/aromatic N) is 3. The molecule has 0 radical (unpaired) electrons. The van der Waals surface area contributed by atoms with Crippen LogP contribution < -0.4 is 0 Å². The minimum Gasteiger partial charge on any atom is -0.395 e. The summed E-state index contributed by atoms with van der Waals surface area (Å²) in [5, 5.41) is 9.66. The van der Waals surface area contributed by atoms with Crippen molar-refractivity contribution in [2.75, 3.05) is 39.3 Å². The summed E-state index contributed by atoms with van der Waals surface area (Å²) in [7, 11) is -3.54. The fourth-order valence-electron chi connectivity index (χ4n) is 2.99. The van der Waals surface area contributed by atoms with Crippen LogP contribution in [0.2, 0.25) is 0 Å². The average molecular weight is 335 g/mol. The van der Waals surface area contributed by atoms with Gasteiger partial charge in [-0.15, -0.1) is 0 Å². The Bertz CT molecular complexity index is 799. The molecule has 1 aromatic carbocycles. The molecular formula is C16H21N3O3S. The maximum atomic E-state index is 13.0. The van der Waals surface area contributed by atoms with Gasteiger partial charge < -0.3 is 5.11 Å². The number of hydrogen-bond acceptors (Lipinski definition) is 5. The molecule has 3 rings (SSSR count). The zero-order chi connectivity index (χ0) is 16.4. The molecule has 2 heterocycles. The molecule has 1 saturated heterocycles.